The van der Waals surface area contributed by atoms with Crippen LogP contribution in [0.1, 0.15) is 21.1 Å². The fourth-order valence-electron chi connectivity index (χ4n) is 1.98. The Morgan fingerprint density at radius 3 is 2.68 bits per heavy atom. The Morgan fingerprint density at radius 1 is 1.24 bits per heavy atom. The lowest BCUT2D eigenvalue weighted by Crippen LogP contribution is -2.21. The Labute approximate surface area is 147 Å². The molecule has 0 aliphatic carbocycles. The van der Waals surface area contributed by atoms with Crippen molar-refractivity contribution in [1.29, 1.82) is 0 Å². The number of hydrogen-bond acceptors (Lipinski definition) is 5. The number of aromatic nitrogens is 2. The van der Waals surface area contributed by atoms with E-state index in [4.69, 9.17) is 16.1 Å². The van der Waals surface area contributed by atoms with Crippen LogP contribution in [0.15, 0.2) is 34.9 Å². The van der Waals surface area contributed by atoms with Crippen LogP contribution in [0.25, 0.3) is 10.8 Å². The molecule has 0 spiro atoms. The highest BCUT2D eigenvalue weighted by Crippen LogP contribution is 2.31. The Hall–Kier alpha value is -2.26. The van der Waals surface area contributed by atoms with Crippen molar-refractivity contribution in [3.8, 4) is 10.8 Å². The van der Waals surface area contributed by atoms with E-state index < -0.39 is 22.7 Å². The SMILES string of the molecule is O=C(c1ccc(-c2nc(Cc3ccc(F)cc3Cl)no2)s1)C(F)(F)F. The van der Waals surface area contributed by atoms with Crippen molar-refractivity contribution in [3.05, 3.63) is 57.4 Å². The Bertz CT molecular complexity index is 936. The third-order valence-electron chi connectivity index (χ3n) is 3.13. The normalized spacial score (nSPS) is 11.7. The molecule has 0 N–H and O–H groups in total. The molecule has 3 rings (SSSR count). The third-order valence-corrected chi connectivity index (χ3v) is 4.55. The second-order valence-corrected chi connectivity index (χ2v) is 6.41. The van der Waals surface area contributed by atoms with Crippen molar-refractivity contribution in [2.75, 3.05) is 0 Å². The van der Waals surface area contributed by atoms with Gasteiger partial charge in [0.25, 0.3) is 11.7 Å². The zero-order chi connectivity index (χ0) is 18.2. The molecule has 1 aromatic carbocycles. The maximum atomic E-state index is 13.0. The quantitative estimate of drug-likeness (QED) is 0.468. The Balaban J connectivity index is 1.80. The van der Waals surface area contributed by atoms with Gasteiger partial charge in [0.1, 0.15) is 5.82 Å². The summed E-state index contributed by atoms with van der Waals surface area (Å²) >= 11 is 6.52. The van der Waals surface area contributed by atoms with E-state index in [9.17, 15) is 22.4 Å². The van der Waals surface area contributed by atoms with Gasteiger partial charge in [0, 0.05) is 11.4 Å². The molecule has 0 saturated heterocycles. The smallest absolute Gasteiger partial charge is 0.333 e. The summed E-state index contributed by atoms with van der Waals surface area (Å²) < 4.78 is 55.3. The number of ketones is 1. The van der Waals surface area contributed by atoms with Gasteiger partial charge in [0.05, 0.1) is 9.75 Å². The van der Waals surface area contributed by atoms with Crippen LogP contribution in [0.3, 0.4) is 0 Å². The van der Waals surface area contributed by atoms with Crippen LogP contribution < -0.4 is 0 Å². The van der Waals surface area contributed by atoms with Crippen LogP contribution >= 0.6 is 22.9 Å². The molecule has 130 valence electrons. The van der Waals surface area contributed by atoms with Crippen LogP contribution in [0.5, 0.6) is 0 Å². The van der Waals surface area contributed by atoms with Gasteiger partial charge in [-0.2, -0.15) is 18.2 Å². The number of carbonyl (C=O) groups is 1. The van der Waals surface area contributed by atoms with Crippen LogP contribution in [-0.2, 0) is 6.42 Å². The maximum Gasteiger partial charge on any atom is 0.455 e. The second-order valence-electron chi connectivity index (χ2n) is 4.92. The summed E-state index contributed by atoms with van der Waals surface area (Å²) in [5, 5.41) is 3.91. The van der Waals surface area contributed by atoms with Crippen LogP contribution in [0, 0.1) is 5.82 Å². The van der Waals surface area contributed by atoms with E-state index >= 15 is 0 Å². The minimum Gasteiger partial charge on any atom is -0.333 e. The van der Waals surface area contributed by atoms with Crippen molar-refractivity contribution in [3.63, 3.8) is 0 Å². The van der Waals surface area contributed by atoms with Crippen molar-refractivity contribution < 1.29 is 26.9 Å². The first-order valence-electron chi connectivity index (χ1n) is 6.72. The molecule has 10 heteroatoms. The molecule has 0 fully saturated rings. The summed E-state index contributed by atoms with van der Waals surface area (Å²) in [6, 6.07) is 6.20. The lowest BCUT2D eigenvalue weighted by Gasteiger charge is -2.01. The Kier molecular flexibility index (Phi) is 4.61. The average molecular weight is 391 g/mol. The minimum absolute atomic E-state index is 0.0144. The molecule has 25 heavy (non-hydrogen) atoms. The van der Waals surface area contributed by atoms with Crippen LogP contribution in [0.2, 0.25) is 5.02 Å². The fourth-order valence-corrected chi connectivity index (χ4v) is 3.10. The molecular formula is C15H7ClF4N2O2S. The van der Waals surface area contributed by atoms with Gasteiger partial charge in [-0.15, -0.1) is 11.3 Å². The molecule has 3 aromatic rings. The maximum absolute atomic E-state index is 13.0. The molecule has 4 nitrogen and oxygen atoms in total. The van der Waals surface area contributed by atoms with Gasteiger partial charge in [0.15, 0.2) is 5.82 Å². The number of Topliss-reactive ketones (excluding diaryl/α,β-unsaturated/α-hetero) is 1. The summed E-state index contributed by atoms with van der Waals surface area (Å²) in [5.74, 6) is -2.20. The molecule has 0 aliphatic heterocycles. The Morgan fingerprint density at radius 2 is 2.00 bits per heavy atom. The van der Waals surface area contributed by atoms with E-state index in [2.05, 4.69) is 10.1 Å². The lowest BCUT2D eigenvalue weighted by atomic mass is 10.1. The van der Waals surface area contributed by atoms with Crippen LogP contribution in [0.4, 0.5) is 17.6 Å². The van der Waals surface area contributed by atoms with E-state index in [0.717, 1.165) is 12.1 Å². The first-order chi connectivity index (χ1) is 11.7. The molecule has 2 aromatic heterocycles. The number of carbonyl (C=O) groups excluding carboxylic acids is 1. The molecule has 0 aliphatic rings. The number of alkyl halides is 3. The number of nitrogens with zero attached hydrogens (tertiary/aromatic N) is 2. The van der Waals surface area contributed by atoms with E-state index in [0.29, 0.717) is 16.9 Å². The lowest BCUT2D eigenvalue weighted by molar-refractivity contribution is -0.0882. The highest BCUT2D eigenvalue weighted by atomic mass is 35.5. The highest BCUT2D eigenvalue weighted by molar-refractivity contribution is 7.17. The molecule has 2 heterocycles. The highest BCUT2D eigenvalue weighted by Gasteiger charge is 2.40. The molecule has 0 bridgehead atoms. The molecular weight excluding hydrogens is 384 g/mol. The number of benzene rings is 1. The number of halogens is 5. The van der Waals surface area contributed by atoms with Gasteiger partial charge < -0.3 is 4.52 Å². The standard InChI is InChI=1S/C15H7ClF4N2O2S/c16-9-6-8(17)2-1-7(9)5-12-21-14(24-22-12)11-4-3-10(25-11)13(23)15(18,19)20/h1-4,6H,5H2. The van der Waals surface area contributed by atoms with Crippen LogP contribution in [-0.4, -0.2) is 22.1 Å². The molecule has 0 saturated carbocycles. The zero-order valence-corrected chi connectivity index (χ0v) is 13.7. The third kappa shape index (κ3) is 3.88. The number of thiophene rings is 1. The van der Waals surface area contributed by atoms with Gasteiger partial charge in [-0.05, 0) is 29.8 Å². The first-order valence-corrected chi connectivity index (χ1v) is 7.92. The van der Waals surface area contributed by atoms with Crippen molar-refractivity contribution >= 4 is 28.7 Å². The predicted molar refractivity (Wildman–Crippen MR) is 82.2 cm³/mol. The van der Waals surface area contributed by atoms with Crippen molar-refractivity contribution in [2.24, 2.45) is 0 Å². The monoisotopic (exact) mass is 390 g/mol. The number of hydrogen-bond donors (Lipinski definition) is 0. The summed E-state index contributed by atoms with van der Waals surface area (Å²) in [6.45, 7) is 0. The number of rotatable bonds is 4. The van der Waals surface area contributed by atoms with Crippen molar-refractivity contribution in [2.45, 2.75) is 12.6 Å². The first kappa shape index (κ1) is 17.6. The minimum atomic E-state index is -4.94. The van der Waals surface area contributed by atoms with E-state index in [1.165, 1.54) is 18.2 Å². The van der Waals surface area contributed by atoms with Crippen molar-refractivity contribution in [1.82, 2.24) is 10.1 Å². The van der Waals surface area contributed by atoms with Gasteiger partial charge in [-0.1, -0.05) is 22.8 Å². The summed E-state index contributed by atoms with van der Waals surface area (Å²) in [7, 11) is 0. The topological polar surface area (TPSA) is 56.0 Å². The summed E-state index contributed by atoms with van der Waals surface area (Å²) in [6.07, 6.45) is -4.79. The summed E-state index contributed by atoms with van der Waals surface area (Å²) in [4.78, 5) is 15.0. The average Bonchev–Trinajstić information content (AvgIpc) is 3.17. The predicted octanol–water partition coefficient (Wildman–Crippen LogP) is 4.93. The zero-order valence-electron chi connectivity index (χ0n) is 12.1. The molecule has 0 radical (unpaired) electrons. The van der Waals surface area contributed by atoms with E-state index in [-0.39, 0.29) is 28.0 Å². The van der Waals surface area contributed by atoms with Gasteiger partial charge >= 0.3 is 6.18 Å². The van der Waals surface area contributed by atoms with E-state index in [1.54, 1.807) is 0 Å². The van der Waals surface area contributed by atoms with Gasteiger partial charge in [-0.25, -0.2) is 4.39 Å². The largest absolute Gasteiger partial charge is 0.455 e. The van der Waals surface area contributed by atoms with E-state index in [1.807, 2.05) is 0 Å². The molecule has 0 unspecified atom stereocenters. The van der Waals surface area contributed by atoms with Gasteiger partial charge in [0.2, 0.25) is 0 Å². The summed E-state index contributed by atoms with van der Waals surface area (Å²) in [5.41, 5.74) is 0.564. The van der Waals surface area contributed by atoms with Gasteiger partial charge in [-0.3, -0.25) is 4.79 Å². The fraction of sp³-hybridized carbons (Fsp3) is 0.133. The molecule has 0 amide bonds. The second kappa shape index (κ2) is 6.57. The molecule has 0 atom stereocenters.